The fraction of sp³-hybridized carbons (Fsp3) is 0.500. The summed E-state index contributed by atoms with van der Waals surface area (Å²) < 4.78 is 26.1. The smallest absolute Gasteiger partial charge is 0.243 e. The normalized spacial score (nSPS) is 17.8. The standard InChI is InChI=1S/C12H14ClN3O2S/c1-9-6-10(7-15-11(9)13)19(17,18)16(2)12(8-14)4-3-5-12/h6-7H,3-5H2,1-2H3. The fourth-order valence-corrected chi connectivity index (χ4v) is 3.69. The molecule has 0 aliphatic heterocycles. The van der Waals surface area contributed by atoms with Gasteiger partial charge in [0.15, 0.2) is 0 Å². The Bertz CT molecular complexity index is 647. The van der Waals surface area contributed by atoms with E-state index in [0.29, 0.717) is 18.4 Å². The molecule has 1 aliphatic rings. The molecule has 2 rings (SSSR count). The summed E-state index contributed by atoms with van der Waals surface area (Å²) in [5.74, 6) is 0. The first-order chi connectivity index (χ1) is 8.83. The molecule has 1 aliphatic carbocycles. The van der Waals surface area contributed by atoms with Gasteiger partial charge >= 0.3 is 0 Å². The van der Waals surface area contributed by atoms with Gasteiger partial charge in [-0.05, 0) is 37.8 Å². The number of aryl methyl sites for hydroxylation is 1. The average Bonchev–Trinajstić information content (AvgIpc) is 2.31. The maximum Gasteiger partial charge on any atom is 0.245 e. The van der Waals surface area contributed by atoms with E-state index in [9.17, 15) is 13.7 Å². The molecule has 0 aromatic carbocycles. The van der Waals surface area contributed by atoms with Gasteiger partial charge in [0.1, 0.15) is 15.6 Å². The topological polar surface area (TPSA) is 74.1 Å². The van der Waals surface area contributed by atoms with Crippen molar-refractivity contribution in [1.82, 2.24) is 9.29 Å². The van der Waals surface area contributed by atoms with Crippen LogP contribution in [0.1, 0.15) is 24.8 Å². The van der Waals surface area contributed by atoms with Crippen molar-refractivity contribution in [3.63, 3.8) is 0 Å². The largest absolute Gasteiger partial charge is 0.245 e. The van der Waals surface area contributed by atoms with Crippen molar-refractivity contribution < 1.29 is 8.42 Å². The van der Waals surface area contributed by atoms with Crippen LogP contribution in [0.4, 0.5) is 0 Å². The SMILES string of the molecule is Cc1cc(S(=O)(=O)N(C)C2(C#N)CCC2)cnc1Cl. The number of hydrogen-bond donors (Lipinski definition) is 0. The lowest BCUT2D eigenvalue weighted by Gasteiger charge is -2.41. The summed E-state index contributed by atoms with van der Waals surface area (Å²) in [4.78, 5) is 3.92. The van der Waals surface area contributed by atoms with Crippen LogP contribution in [0.5, 0.6) is 0 Å². The van der Waals surface area contributed by atoms with Gasteiger partial charge in [0.05, 0.1) is 6.07 Å². The van der Waals surface area contributed by atoms with Crippen LogP contribution in [-0.2, 0) is 10.0 Å². The quantitative estimate of drug-likeness (QED) is 0.801. The number of halogens is 1. The predicted molar refractivity (Wildman–Crippen MR) is 71.1 cm³/mol. The van der Waals surface area contributed by atoms with E-state index in [1.807, 2.05) is 0 Å². The van der Waals surface area contributed by atoms with Gasteiger partial charge in [0.2, 0.25) is 10.0 Å². The molecule has 1 aromatic heterocycles. The monoisotopic (exact) mass is 299 g/mol. The van der Waals surface area contributed by atoms with E-state index in [4.69, 9.17) is 11.6 Å². The number of aromatic nitrogens is 1. The van der Waals surface area contributed by atoms with Crippen molar-refractivity contribution >= 4 is 21.6 Å². The highest BCUT2D eigenvalue weighted by Gasteiger charge is 2.46. The highest BCUT2D eigenvalue weighted by Crippen LogP contribution is 2.39. The lowest BCUT2D eigenvalue weighted by molar-refractivity contribution is 0.171. The van der Waals surface area contributed by atoms with E-state index < -0.39 is 15.6 Å². The predicted octanol–water partition coefficient (Wildman–Crippen LogP) is 2.11. The van der Waals surface area contributed by atoms with Crippen molar-refractivity contribution in [2.45, 2.75) is 36.6 Å². The molecule has 1 saturated carbocycles. The molecule has 0 atom stereocenters. The van der Waals surface area contributed by atoms with Crippen LogP contribution in [0.25, 0.3) is 0 Å². The minimum atomic E-state index is -3.72. The number of hydrogen-bond acceptors (Lipinski definition) is 4. The Balaban J connectivity index is 2.42. The van der Waals surface area contributed by atoms with Gasteiger partial charge < -0.3 is 0 Å². The van der Waals surface area contributed by atoms with E-state index >= 15 is 0 Å². The molecule has 102 valence electrons. The molecule has 0 radical (unpaired) electrons. The Morgan fingerprint density at radius 3 is 2.58 bits per heavy atom. The second-order valence-electron chi connectivity index (χ2n) is 4.75. The summed E-state index contributed by atoms with van der Waals surface area (Å²) in [5.41, 5.74) is -0.317. The van der Waals surface area contributed by atoms with Crippen LogP contribution in [0.15, 0.2) is 17.2 Å². The summed E-state index contributed by atoms with van der Waals surface area (Å²) in [6, 6.07) is 3.59. The fourth-order valence-electron chi connectivity index (χ4n) is 2.07. The van der Waals surface area contributed by atoms with Crippen LogP contribution in [-0.4, -0.2) is 30.3 Å². The highest BCUT2D eigenvalue weighted by molar-refractivity contribution is 7.89. The first kappa shape index (κ1) is 14.3. The first-order valence-electron chi connectivity index (χ1n) is 5.86. The zero-order valence-electron chi connectivity index (χ0n) is 10.7. The second-order valence-corrected chi connectivity index (χ2v) is 7.08. The Labute approximate surface area is 117 Å². The summed E-state index contributed by atoms with van der Waals surface area (Å²) in [6.45, 7) is 1.69. The number of nitrogens with zero attached hydrogens (tertiary/aromatic N) is 3. The van der Waals surface area contributed by atoms with Gasteiger partial charge in [-0.1, -0.05) is 11.6 Å². The number of rotatable bonds is 3. The zero-order valence-corrected chi connectivity index (χ0v) is 12.3. The van der Waals surface area contributed by atoms with Crippen LogP contribution in [0, 0.1) is 18.3 Å². The molecule has 1 fully saturated rings. The highest BCUT2D eigenvalue weighted by atomic mass is 35.5. The molecule has 0 saturated heterocycles. The van der Waals surface area contributed by atoms with Gasteiger partial charge in [0.25, 0.3) is 0 Å². The third-order valence-corrected chi connectivity index (χ3v) is 5.92. The van der Waals surface area contributed by atoms with Crippen molar-refractivity contribution in [2.24, 2.45) is 0 Å². The van der Waals surface area contributed by atoms with E-state index in [-0.39, 0.29) is 10.0 Å². The van der Waals surface area contributed by atoms with E-state index in [2.05, 4.69) is 11.1 Å². The minimum absolute atomic E-state index is 0.0680. The molecule has 1 aromatic rings. The lowest BCUT2D eigenvalue weighted by Crippen LogP contribution is -2.53. The molecular weight excluding hydrogens is 286 g/mol. The second kappa shape index (κ2) is 4.75. The van der Waals surface area contributed by atoms with Crippen molar-refractivity contribution in [2.75, 3.05) is 7.05 Å². The molecule has 19 heavy (non-hydrogen) atoms. The van der Waals surface area contributed by atoms with E-state index in [1.54, 1.807) is 6.92 Å². The third kappa shape index (κ3) is 2.22. The first-order valence-corrected chi connectivity index (χ1v) is 7.68. The van der Waals surface area contributed by atoms with E-state index in [0.717, 1.165) is 10.7 Å². The zero-order chi connectivity index (χ0) is 14.3. The Kier molecular flexibility index (Phi) is 3.56. The summed E-state index contributed by atoms with van der Waals surface area (Å²) >= 11 is 5.79. The molecule has 7 heteroatoms. The Hall–Kier alpha value is -1.16. The van der Waals surface area contributed by atoms with Crippen molar-refractivity contribution in [1.29, 1.82) is 5.26 Å². The number of sulfonamides is 1. The maximum absolute atomic E-state index is 12.5. The molecule has 0 bridgehead atoms. The molecule has 0 spiro atoms. The summed E-state index contributed by atoms with van der Waals surface area (Å²) in [5, 5.41) is 9.50. The summed E-state index contributed by atoms with van der Waals surface area (Å²) in [7, 11) is -2.27. The lowest BCUT2D eigenvalue weighted by atomic mass is 9.78. The third-order valence-electron chi connectivity index (χ3n) is 3.64. The number of nitriles is 1. The summed E-state index contributed by atoms with van der Waals surface area (Å²) in [6.07, 6.45) is 3.23. The molecule has 0 N–H and O–H groups in total. The van der Waals surface area contributed by atoms with Crippen LogP contribution < -0.4 is 0 Å². The molecule has 1 heterocycles. The van der Waals surface area contributed by atoms with Gasteiger partial charge in [-0.25, -0.2) is 13.4 Å². The molecule has 5 nitrogen and oxygen atoms in total. The number of pyridine rings is 1. The van der Waals surface area contributed by atoms with Crippen LogP contribution in [0.3, 0.4) is 0 Å². The van der Waals surface area contributed by atoms with Crippen LogP contribution in [0.2, 0.25) is 5.15 Å². The molecule has 0 unspecified atom stereocenters. The van der Waals surface area contributed by atoms with E-state index in [1.165, 1.54) is 19.3 Å². The van der Waals surface area contributed by atoms with Gasteiger partial charge in [-0.15, -0.1) is 0 Å². The molecular formula is C12H14ClN3O2S. The maximum atomic E-state index is 12.5. The minimum Gasteiger partial charge on any atom is -0.243 e. The Morgan fingerprint density at radius 1 is 1.53 bits per heavy atom. The average molecular weight is 300 g/mol. The van der Waals surface area contributed by atoms with Gasteiger partial charge in [0, 0.05) is 13.2 Å². The van der Waals surface area contributed by atoms with Crippen molar-refractivity contribution in [3.05, 3.63) is 23.0 Å². The van der Waals surface area contributed by atoms with Gasteiger partial charge in [-0.3, -0.25) is 0 Å². The Morgan fingerprint density at radius 2 is 2.16 bits per heavy atom. The van der Waals surface area contributed by atoms with Crippen molar-refractivity contribution in [3.8, 4) is 6.07 Å². The van der Waals surface area contributed by atoms with Gasteiger partial charge in [-0.2, -0.15) is 9.57 Å². The molecule has 0 amide bonds. The van der Waals surface area contributed by atoms with Crippen LogP contribution >= 0.6 is 11.6 Å².